The summed E-state index contributed by atoms with van der Waals surface area (Å²) >= 11 is 0. The van der Waals surface area contributed by atoms with Crippen LogP contribution in [-0.4, -0.2) is 44.9 Å². The highest BCUT2D eigenvalue weighted by Crippen LogP contribution is 2.29. The zero-order chi connectivity index (χ0) is 29.2. The Morgan fingerprint density at radius 2 is 1.90 bits per heavy atom. The second-order valence-corrected chi connectivity index (χ2v) is 11.4. The van der Waals surface area contributed by atoms with Crippen molar-refractivity contribution >= 4 is 28.2 Å². The molecule has 0 spiro atoms. The molecular formula is C29H34N4O7S. The van der Waals surface area contributed by atoms with Crippen molar-refractivity contribution in [1.29, 1.82) is 0 Å². The number of nitrogens with zero attached hydrogens (tertiary/aromatic N) is 1. The summed E-state index contributed by atoms with van der Waals surface area (Å²) in [6, 6.07) is 17.4. The van der Waals surface area contributed by atoms with Crippen molar-refractivity contribution in [2.24, 2.45) is 5.92 Å². The van der Waals surface area contributed by atoms with Crippen molar-refractivity contribution in [2.45, 2.75) is 50.7 Å². The topological polar surface area (TPSA) is 147 Å². The molecule has 4 rings (SSSR count). The van der Waals surface area contributed by atoms with Crippen LogP contribution in [0, 0.1) is 5.92 Å². The van der Waals surface area contributed by atoms with Crippen LogP contribution in [0.5, 0.6) is 0 Å². The number of amides is 3. The average Bonchev–Trinajstić information content (AvgIpc) is 3.59. The fourth-order valence-corrected chi connectivity index (χ4v) is 5.70. The first kappa shape index (κ1) is 30.0. The Balaban J connectivity index is 1.31. The van der Waals surface area contributed by atoms with Crippen molar-refractivity contribution in [2.75, 3.05) is 13.2 Å². The summed E-state index contributed by atoms with van der Waals surface area (Å²) in [7, 11) is -3.55. The molecule has 0 bridgehead atoms. The van der Waals surface area contributed by atoms with E-state index in [1.54, 1.807) is 18.2 Å². The van der Waals surface area contributed by atoms with E-state index < -0.39 is 21.8 Å². The molecule has 218 valence electrons. The Morgan fingerprint density at radius 1 is 1.10 bits per heavy atom. The third kappa shape index (κ3) is 8.03. The summed E-state index contributed by atoms with van der Waals surface area (Å²) in [6.07, 6.45) is 3.85. The van der Waals surface area contributed by atoms with Crippen LogP contribution in [0.2, 0.25) is 0 Å². The lowest BCUT2D eigenvalue weighted by Crippen LogP contribution is -2.43. The molecule has 1 aromatic heterocycles. The number of fused-ring (bicyclic) bond motifs is 1. The molecule has 1 aliphatic heterocycles. The Bertz CT molecular complexity index is 1460. The number of hydroxylamine groups is 2. The molecule has 3 N–H and O–H groups in total. The minimum atomic E-state index is -3.55. The maximum absolute atomic E-state index is 13.0. The molecule has 2 heterocycles. The van der Waals surface area contributed by atoms with Gasteiger partial charge in [0.15, 0.2) is 5.76 Å². The number of benzene rings is 2. The molecule has 2 aromatic carbocycles. The van der Waals surface area contributed by atoms with Gasteiger partial charge >= 0.3 is 0 Å². The van der Waals surface area contributed by atoms with Crippen molar-refractivity contribution < 1.29 is 32.1 Å². The van der Waals surface area contributed by atoms with Crippen LogP contribution in [0.1, 0.15) is 54.3 Å². The van der Waals surface area contributed by atoms with Crippen LogP contribution in [0.25, 0.3) is 11.3 Å². The first-order valence-electron chi connectivity index (χ1n) is 13.5. The smallest absolute Gasteiger partial charge is 0.288 e. The van der Waals surface area contributed by atoms with Gasteiger partial charge in [-0.25, -0.2) is 18.2 Å². The molecule has 3 amide bonds. The van der Waals surface area contributed by atoms with Gasteiger partial charge in [-0.3, -0.25) is 19.2 Å². The predicted octanol–water partition coefficient (Wildman–Crippen LogP) is 3.33. The maximum atomic E-state index is 13.0. The molecule has 1 atom stereocenters. The molecule has 1 aliphatic rings. The maximum Gasteiger partial charge on any atom is 0.288 e. The first-order chi connectivity index (χ1) is 19.8. The Kier molecular flexibility index (Phi) is 10.3. The second kappa shape index (κ2) is 14.1. The van der Waals surface area contributed by atoms with Gasteiger partial charge in [0, 0.05) is 12.1 Å². The number of rotatable bonds is 15. The highest BCUT2D eigenvalue weighted by Gasteiger charge is 2.26. The van der Waals surface area contributed by atoms with Gasteiger partial charge in [-0.1, -0.05) is 68.7 Å². The Labute approximate surface area is 239 Å². The van der Waals surface area contributed by atoms with E-state index in [0.717, 1.165) is 29.9 Å². The number of nitrogens with one attached hydrogen (secondary N) is 3. The van der Waals surface area contributed by atoms with E-state index in [0.29, 0.717) is 29.7 Å². The van der Waals surface area contributed by atoms with Crippen molar-refractivity contribution in [1.82, 2.24) is 20.4 Å². The number of carbonyl (C=O) groups is 3. The lowest BCUT2D eigenvalue weighted by Gasteiger charge is -2.23. The third-order valence-corrected chi connectivity index (χ3v) is 8.20. The molecule has 11 nitrogen and oxygen atoms in total. The Hall–Kier alpha value is -4.00. The lowest BCUT2D eigenvalue weighted by atomic mass is 10.0. The number of hydrogen-bond donors (Lipinski definition) is 3. The van der Waals surface area contributed by atoms with Gasteiger partial charge in [-0.2, -0.15) is 0 Å². The van der Waals surface area contributed by atoms with Gasteiger partial charge in [0.25, 0.3) is 5.91 Å². The van der Waals surface area contributed by atoms with Crippen LogP contribution >= 0.6 is 0 Å². The highest BCUT2D eigenvalue weighted by molar-refractivity contribution is 7.89. The summed E-state index contributed by atoms with van der Waals surface area (Å²) in [6.45, 7) is 2.43. The van der Waals surface area contributed by atoms with Gasteiger partial charge < -0.3 is 15.1 Å². The minimum absolute atomic E-state index is 0.0108. The molecule has 0 fully saturated rings. The predicted molar refractivity (Wildman–Crippen MR) is 150 cm³/mol. The quantitative estimate of drug-likeness (QED) is 0.108. The SMILES string of the molecule is CCCCCC(CN(C=O)OCc1ccccc1)C(=O)NCNC(=O)c1ccc(-c2ccc3c(c2)S(=O)(=O)NC3)o1. The van der Waals surface area contributed by atoms with Gasteiger partial charge in [-0.15, -0.1) is 0 Å². The Morgan fingerprint density at radius 3 is 2.66 bits per heavy atom. The van der Waals surface area contributed by atoms with Crippen molar-refractivity contribution in [3.63, 3.8) is 0 Å². The third-order valence-electron chi connectivity index (χ3n) is 6.72. The van der Waals surface area contributed by atoms with E-state index >= 15 is 0 Å². The zero-order valence-corrected chi connectivity index (χ0v) is 23.6. The summed E-state index contributed by atoms with van der Waals surface area (Å²) in [5.41, 5.74) is 2.09. The zero-order valence-electron chi connectivity index (χ0n) is 22.8. The van der Waals surface area contributed by atoms with E-state index in [1.165, 1.54) is 12.1 Å². The van der Waals surface area contributed by atoms with E-state index in [2.05, 4.69) is 22.3 Å². The fourth-order valence-electron chi connectivity index (χ4n) is 4.43. The number of unbranched alkanes of at least 4 members (excludes halogenated alkanes) is 2. The number of carbonyl (C=O) groups excluding carboxylic acids is 3. The largest absolute Gasteiger partial charge is 0.451 e. The molecule has 0 aliphatic carbocycles. The van der Waals surface area contributed by atoms with Crippen molar-refractivity contribution in [3.8, 4) is 11.3 Å². The molecular weight excluding hydrogens is 548 g/mol. The van der Waals surface area contributed by atoms with E-state index in [9.17, 15) is 22.8 Å². The van der Waals surface area contributed by atoms with Gasteiger partial charge in [0.2, 0.25) is 22.3 Å². The monoisotopic (exact) mass is 582 g/mol. The molecule has 12 heteroatoms. The van der Waals surface area contributed by atoms with Crippen LogP contribution in [0.15, 0.2) is 70.0 Å². The van der Waals surface area contributed by atoms with E-state index in [1.807, 2.05) is 30.3 Å². The number of sulfonamides is 1. The highest BCUT2D eigenvalue weighted by atomic mass is 32.2. The summed E-state index contributed by atoms with van der Waals surface area (Å²) in [4.78, 5) is 43.1. The normalized spacial score (nSPS) is 14.2. The summed E-state index contributed by atoms with van der Waals surface area (Å²) < 4.78 is 32.4. The lowest BCUT2D eigenvalue weighted by molar-refractivity contribution is -0.182. The van der Waals surface area contributed by atoms with Gasteiger partial charge in [-0.05, 0) is 35.7 Å². The van der Waals surface area contributed by atoms with E-state index in [-0.39, 0.29) is 42.9 Å². The average molecular weight is 583 g/mol. The summed E-state index contributed by atoms with van der Waals surface area (Å²) in [5, 5.41) is 6.44. The van der Waals surface area contributed by atoms with Crippen LogP contribution in [0.3, 0.4) is 0 Å². The molecule has 3 aromatic rings. The second-order valence-electron chi connectivity index (χ2n) is 9.69. The van der Waals surface area contributed by atoms with Crippen LogP contribution in [-0.2, 0) is 37.6 Å². The molecule has 0 radical (unpaired) electrons. The number of furan rings is 1. The van der Waals surface area contributed by atoms with Gasteiger partial charge in [0.05, 0.1) is 24.0 Å². The first-order valence-corrected chi connectivity index (χ1v) is 15.0. The standard InChI is InChI=1S/C29H34N4O7S/c1-2-3-5-10-24(17-33(20-34)39-18-21-8-6-4-7-9-21)28(35)30-19-31-29(36)26-14-13-25(40-26)22-11-12-23-16-32-41(37,38)27(23)15-22/h4,6-9,11-15,20,24,32H,2-3,5,10,16-19H2,1H3,(H,30,35)(H,31,36). The fraction of sp³-hybridized carbons (Fsp3) is 0.345. The summed E-state index contributed by atoms with van der Waals surface area (Å²) in [5.74, 6) is -1.04. The van der Waals surface area contributed by atoms with Crippen LogP contribution < -0.4 is 15.4 Å². The minimum Gasteiger partial charge on any atom is -0.451 e. The van der Waals surface area contributed by atoms with Gasteiger partial charge in [0.1, 0.15) is 12.4 Å². The number of hydrogen-bond acceptors (Lipinski definition) is 7. The van der Waals surface area contributed by atoms with E-state index in [4.69, 9.17) is 9.25 Å². The molecule has 0 saturated carbocycles. The molecule has 1 unspecified atom stereocenters. The molecule has 0 saturated heterocycles. The van der Waals surface area contributed by atoms with Crippen LogP contribution in [0.4, 0.5) is 0 Å². The van der Waals surface area contributed by atoms with Crippen molar-refractivity contribution in [3.05, 3.63) is 77.6 Å². The molecule has 41 heavy (non-hydrogen) atoms.